The van der Waals surface area contributed by atoms with Crippen molar-refractivity contribution in [2.75, 3.05) is 6.61 Å². The third-order valence-corrected chi connectivity index (χ3v) is 8.07. The molecule has 2 unspecified atom stereocenters. The zero-order chi connectivity index (χ0) is 28.5. The molecule has 1 saturated carbocycles. The molecule has 5 N–H and O–H groups in total. The van der Waals surface area contributed by atoms with Crippen molar-refractivity contribution in [3.8, 4) is 5.75 Å². The molecule has 13 nitrogen and oxygen atoms in total. The van der Waals surface area contributed by atoms with Crippen molar-refractivity contribution in [3.63, 3.8) is 0 Å². The molecule has 2 heterocycles. The topological polar surface area (TPSA) is 181 Å². The van der Waals surface area contributed by atoms with Crippen LogP contribution in [0.4, 0.5) is 8.78 Å². The van der Waals surface area contributed by atoms with Gasteiger partial charge in [0.25, 0.3) is 5.92 Å². The van der Waals surface area contributed by atoms with E-state index in [9.17, 15) is 19.6 Å². The number of halogens is 2. The summed E-state index contributed by atoms with van der Waals surface area (Å²) in [6.45, 7) is 3.59. The first kappa shape index (κ1) is 29.0. The van der Waals surface area contributed by atoms with Gasteiger partial charge in [-0.1, -0.05) is 18.2 Å². The maximum atomic E-state index is 15.8. The maximum Gasteiger partial charge on any atom is 0.459 e. The van der Waals surface area contributed by atoms with Crippen LogP contribution < -0.4 is 15.3 Å². The predicted octanol–water partition coefficient (Wildman–Crippen LogP) is 0.913. The Bertz CT molecular complexity index is 1190. The highest BCUT2D eigenvalue weighted by atomic mass is 31.2. The molecule has 1 aromatic carbocycles. The molecule has 0 amide bonds. The average molecular weight is 573 g/mol. The van der Waals surface area contributed by atoms with Gasteiger partial charge < -0.3 is 30.1 Å². The van der Waals surface area contributed by atoms with Crippen molar-refractivity contribution in [1.29, 1.82) is 0 Å². The molecule has 214 valence electrons. The SMILES string of the molecule is CC(C)OC(=O)[C@H](C)N[P@](=O)(OC[C@@H]1[C@@H](O)[C@@H](O)[C@H](N2C=NC3C(N)=NC=NC32)C1(F)F)Oc1ccccc1. The highest BCUT2D eigenvalue weighted by Crippen LogP contribution is 2.50. The third kappa shape index (κ3) is 5.97. The van der Waals surface area contributed by atoms with E-state index in [4.69, 9.17) is 19.5 Å². The Morgan fingerprint density at radius 2 is 1.90 bits per heavy atom. The molecule has 1 fully saturated rings. The Morgan fingerprint density at radius 3 is 2.56 bits per heavy atom. The van der Waals surface area contributed by atoms with E-state index in [-0.39, 0.29) is 11.6 Å². The van der Waals surface area contributed by atoms with Crippen LogP contribution >= 0.6 is 7.75 Å². The van der Waals surface area contributed by atoms with E-state index in [1.807, 2.05) is 0 Å². The summed E-state index contributed by atoms with van der Waals surface area (Å²) in [7, 11) is -4.50. The van der Waals surface area contributed by atoms with E-state index in [1.54, 1.807) is 32.0 Å². The van der Waals surface area contributed by atoms with Crippen LogP contribution in [0.2, 0.25) is 0 Å². The average Bonchev–Trinajstić information content (AvgIpc) is 3.34. The lowest BCUT2D eigenvalue weighted by Crippen LogP contribution is -2.56. The first-order chi connectivity index (χ1) is 18.3. The Labute approximate surface area is 223 Å². The number of rotatable bonds is 10. The lowest BCUT2D eigenvalue weighted by molar-refractivity contribution is -0.149. The second-order valence-electron chi connectivity index (χ2n) is 9.63. The predicted molar refractivity (Wildman–Crippen MR) is 137 cm³/mol. The van der Waals surface area contributed by atoms with Crippen molar-refractivity contribution in [3.05, 3.63) is 30.3 Å². The first-order valence-corrected chi connectivity index (χ1v) is 13.8. The van der Waals surface area contributed by atoms with Crippen LogP contribution in [-0.2, 0) is 18.6 Å². The van der Waals surface area contributed by atoms with Gasteiger partial charge in [-0.3, -0.25) is 14.3 Å². The van der Waals surface area contributed by atoms with Crippen LogP contribution in [0, 0.1) is 5.92 Å². The molecule has 0 radical (unpaired) electrons. The number of para-hydroxylation sites is 1. The fourth-order valence-corrected chi connectivity index (χ4v) is 6.04. The number of hydrogen-bond donors (Lipinski definition) is 4. The minimum Gasteiger partial charge on any atom is -0.462 e. The highest BCUT2D eigenvalue weighted by Gasteiger charge is 2.66. The van der Waals surface area contributed by atoms with Crippen LogP contribution in [0.1, 0.15) is 20.8 Å². The number of hydrogen-bond acceptors (Lipinski definition) is 12. The summed E-state index contributed by atoms with van der Waals surface area (Å²) < 4.78 is 61.2. The van der Waals surface area contributed by atoms with E-state index in [2.05, 4.69) is 20.1 Å². The lowest BCUT2D eigenvalue weighted by Gasteiger charge is -2.36. The van der Waals surface area contributed by atoms with Gasteiger partial charge in [0, 0.05) is 0 Å². The van der Waals surface area contributed by atoms with Crippen LogP contribution in [0.5, 0.6) is 5.75 Å². The molecule has 2 aliphatic heterocycles. The first-order valence-electron chi connectivity index (χ1n) is 12.2. The van der Waals surface area contributed by atoms with E-state index < -0.39 is 74.8 Å². The Hall–Kier alpha value is -2.97. The number of aliphatic hydroxyl groups excluding tert-OH is 2. The number of nitrogens with one attached hydrogen (secondary N) is 1. The van der Waals surface area contributed by atoms with Crippen molar-refractivity contribution < 1.29 is 42.1 Å². The van der Waals surface area contributed by atoms with Gasteiger partial charge in [0.2, 0.25) is 0 Å². The number of aliphatic hydroxyl groups is 2. The van der Waals surface area contributed by atoms with Crippen LogP contribution in [0.3, 0.4) is 0 Å². The fourth-order valence-electron chi connectivity index (χ4n) is 4.52. The Kier molecular flexibility index (Phi) is 8.38. The summed E-state index contributed by atoms with van der Waals surface area (Å²) in [5.74, 6) is -6.43. The van der Waals surface area contributed by atoms with Crippen molar-refractivity contribution >= 4 is 32.2 Å². The lowest BCUT2D eigenvalue weighted by atomic mass is 10.0. The molecular formula is C23H31F2N6O7P. The largest absolute Gasteiger partial charge is 0.462 e. The Morgan fingerprint density at radius 1 is 1.21 bits per heavy atom. The van der Waals surface area contributed by atoms with Gasteiger partial charge in [0.05, 0.1) is 31.1 Å². The number of esters is 1. The molecule has 1 aromatic rings. The van der Waals surface area contributed by atoms with Crippen LogP contribution in [0.25, 0.3) is 0 Å². The molecule has 16 heteroatoms. The second-order valence-corrected chi connectivity index (χ2v) is 11.3. The second kappa shape index (κ2) is 11.3. The number of amidine groups is 1. The number of carbonyl (C=O) groups is 1. The number of nitrogens with two attached hydrogens (primary N) is 1. The van der Waals surface area contributed by atoms with E-state index in [1.165, 1.54) is 19.1 Å². The van der Waals surface area contributed by atoms with Crippen molar-refractivity contribution in [1.82, 2.24) is 9.99 Å². The zero-order valence-electron chi connectivity index (χ0n) is 21.4. The number of carbonyl (C=O) groups excluding carboxylic acids is 1. The smallest absolute Gasteiger partial charge is 0.459 e. The standard InChI is InChI=1S/C23H31F2N6O7P/c1-12(2)37-22(34)13(3)30-39(35,38-14-7-5-4-6-8-14)36-9-15-17(32)18(33)19(23(15,24)25)31-11-29-16-20(26)27-10-28-21(16)31/h4-8,10-13,15-19,21,32-33H,9H2,1-3H3,(H,30,35)(H2,26,27,28)/t13-,15+,16?,17+,18+,19-,21?,39-/m0/s1. The summed E-state index contributed by atoms with van der Waals surface area (Å²) in [6, 6.07) is 3.78. The molecule has 0 bridgehead atoms. The molecule has 39 heavy (non-hydrogen) atoms. The zero-order valence-corrected chi connectivity index (χ0v) is 22.3. The number of aliphatic imine (C=N–C) groups is 3. The normalized spacial score (nSPS) is 31.5. The van der Waals surface area contributed by atoms with Gasteiger partial charge in [-0.05, 0) is 32.9 Å². The summed E-state index contributed by atoms with van der Waals surface area (Å²) in [5, 5.41) is 23.7. The molecular weight excluding hydrogens is 541 g/mol. The molecule has 0 spiro atoms. The molecule has 3 aliphatic rings. The number of ether oxygens (including phenoxy) is 1. The minimum atomic E-state index is -4.50. The molecule has 8 atom stereocenters. The maximum absolute atomic E-state index is 15.8. The molecule has 1 aliphatic carbocycles. The highest BCUT2D eigenvalue weighted by molar-refractivity contribution is 7.52. The molecule has 0 saturated heterocycles. The third-order valence-electron chi connectivity index (χ3n) is 6.42. The van der Waals surface area contributed by atoms with Gasteiger partial charge >= 0.3 is 13.7 Å². The monoisotopic (exact) mass is 572 g/mol. The number of benzene rings is 1. The van der Waals surface area contributed by atoms with E-state index >= 15 is 8.78 Å². The summed E-state index contributed by atoms with van der Waals surface area (Å²) in [4.78, 5) is 25.3. The van der Waals surface area contributed by atoms with Crippen LogP contribution in [0.15, 0.2) is 45.3 Å². The van der Waals surface area contributed by atoms with Gasteiger partial charge in [-0.2, -0.15) is 5.09 Å². The van der Waals surface area contributed by atoms with Gasteiger partial charge in [-0.25, -0.2) is 23.3 Å². The Balaban J connectivity index is 1.53. The van der Waals surface area contributed by atoms with Gasteiger partial charge in [0.1, 0.15) is 42.2 Å². The summed E-state index contributed by atoms with van der Waals surface area (Å²) in [6.07, 6.45) is -3.18. The number of alkyl halides is 2. The summed E-state index contributed by atoms with van der Waals surface area (Å²) in [5.41, 5.74) is 5.80. The van der Waals surface area contributed by atoms with Crippen molar-refractivity contribution in [2.45, 2.75) is 69.3 Å². The van der Waals surface area contributed by atoms with Gasteiger partial charge in [0.15, 0.2) is 6.17 Å². The van der Waals surface area contributed by atoms with E-state index in [0.29, 0.717) is 0 Å². The minimum absolute atomic E-state index is 0.0696. The number of fused-ring (bicyclic) bond motifs is 1. The van der Waals surface area contributed by atoms with Gasteiger partial charge in [-0.15, -0.1) is 0 Å². The van der Waals surface area contributed by atoms with Crippen LogP contribution in [-0.4, -0.2) is 94.7 Å². The quantitative estimate of drug-likeness (QED) is 0.232. The van der Waals surface area contributed by atoms with E-state index in [0.717, 1.165) is 17.6 Å². The van der Waals surface area contributed by atoms with Crippen molar-refractivity contribution in [2.24, 2.45) is 26.6 Å². The molecule has 0 aromatic heterocycles. The molecule has 4 rings (SSSR count). The summed E-state index contributed by atoms with van der Waals surface area (Å²) >= 11 is 0. The number of nitrogens with zero attached hydrogens (tertiary/aromatic N) is 4. The fraction of sp³-hybridized carbons (Fsp3) is 0.565.